The van der Waals surface area contributed by atoms with Gasteiger partial charge in [0.2, 0.25) is 0 Å². The van der Waals surface area contributed by atoms with Crippen molar-refractivity contribution >= 4 is 22.5 Å². The topological polar surface area (TPSA) is 72.9 Å². The molecule has 0 saturated heterocycles. The molecule has 0 spiro atoms. The maximum absolute atomic E-state index is 4.63. The Balaban J connectivity index is 1.71. The zero-order valence-corrected chi connectivity index (χ0v) is 15.1. The van der Waals surface area contributed by atoms with Crippen LogP contribution in [0.5, 0.6) is 0 Å². The second kappa shape index (κ2) is 5.52. The first-order valence-corrected chi connectivity index (χ1v) is 9.05. The summed E-state index contributed by atoms with van der Waals surface area (Å²) < 4.78 is 4.19. The average molecular weight is 347 g/mol. The van der Waals surface area contributed by atoms with Crippen LogP contribution in [0.25, 0.3) is 27.8 Å². The highest BCUT2D eigenvalue weighted by Gasteiger charge is 2.27. The third-order valence-electron chi connectivity index (χ3n) is 4.83. The van der Waals surface area contributed by atoms with Gasteiger partial charge in [0.05, 0.1) is 5.52 Å². The van der Waals surface area contributed by atoms with E-state index >= 15 is 0 Å². The van der Waals surface area contributed by atoms with Crippen molar-refractivity contribution in [3.63, 3.8) is 0 Å². The Hall–Kier alpha value is -2.96. The van der Waals surface area contributed by atoms with Crippen molar-refractivity contribution in [3.8, 4) is 11.1 Å². The Morgan fingerprint density at radius 3 is 2.85 bits per heavy atom. The van der Waals surface area contributed by atoms with Crippen molar-refractivity contribution in [3.05, 3.63) is 36.7 Å². The lowest BCUT2D eigenvalue weighted by Gasteiger charge is -2.11. The van der Waals surface area contributed by atoms with Crippen molar-refractivity contribution in [2.75, 3.05) is 5.32 Å². The minimum absolute atomic E-state index is 0.288. The van der Waals surface area contributed by atoms with Gasteiger partial charge in [0.25, 0.3) is 0 Å². The SMILES string of the molecule is Cc1nc2ncc(-c3ccn4ncnc(NC(C)C)c34)cc2n1C1CC1. The molecule has 5 rings (SSSR count). The molecule has 1 aliphatic carbocycles. The first-order valence-electron chi connectivity index (χ1n) is 9.05. The molecule has 0 aromatic carbocycles. The van der Waals surface area contributed by atoms with Crippen LogP contribution >= 0.6 is 0 Å². The van der Waals surface area contributed by atoms with E-state index in [1.54, 1.807) is 6.33 Å². The number of pyridine rings is 1. The number of rotatable bonds is 4. The van der Waals surface area contributed by atoms with Crippen LogP contribution in [0.15, 0.2) is 30.9 Å². The van der Waals surface area contributed by atoms with Gasteiger partial charge in [-0.15, -0.1) is 0 Å². The first kappa shape index (κ1) is 15.3. The lowest BCUT2D eigenvalue weighted by Crippen LogP contribution is -2.12. The van der Waals surface area contributed by atoms with Crippen LogP contribution in [0.2, 0.25) is 0 Å². The molecule has 7 nitrogen and oxygen atoms in total. The minimum atomic E-state index is 0.288. The van der Waals surface area contributed by atoms with Crippen LogP contribution < -0.4 is 5.32 Å². The van der Waals surface area contributed by atoms with Gasteiger partial charge < -0.3 is 9.88 Å². The maximum atomic E-state index is 4.63. The van der Waals surface area contributed by atoms with E-state index in [9.17, 15) is 0 Å². The number of anilines is 1. The van der Waals surface area contributed by atoms with Crippen LogP contribution in [0.1, 0.15) is 38.6 Å². The second-order valence-corrected chi connectivity index (χ2v) is 7.26. The second-order valence-electron chi connectivity index (χ2n) is 7.26. The van der Waals surface area contributed by atoms with Crippen molar-refractivity contribution in [1.29, 1.82) is 0 Å². The van der Waals surface area contributed by atoms with Gasteiger partial charge in [0, 0.05) is 35.6 Å². The predicted molar refractivity (Wildman–Crippen MR) is 101 cm³/mol. The van der Waals surface area contributed by atoms with E-state index in [1.807, 2.05) is 16.9 Å². The Bertz CT molecular complexity index is 1120. The summed E-state index contributed by atoms with van der Waals surface area (Å²) in [5.74, 6) is 1.88. The van der Waals surface area contributed by atoms with Crippen LogP contribution in [0, 0.1) is 6.92 Å². The lowest BCUT2D eigenvalue weighted by molar-refractivity contribution is 0.734. The molecule has 0 amide bonds. The largest absolute Gasteiger partial charge is 0.366 e. The fourth-order valence-electron chi connectivity index (χ4n) is 3.60. The smallest absolute Gasteiger partial charge is 0.177 e. The molecule has 4 aromatic rings. The molecule has 0 bridgehead atoms. The van der Waals surface area contributed by atoms with Gasteiger partial charge in [-0.25, -0.2) is 19.5 Å². The molecule has 0 aliphatic heterocycles. The van der Waals surface area contributed by atoms with Gasteiger partial charge in [-0.3, -0.25) is 0 Å². The molecule has 1 fully saturated rings. The molecule has 1 saturated carbocycles. The predicted octanol–water partition coefficient (Wildman–Crippen LogP) is 3.60. The van der Waals surface area contributed by atoms with Gasteiger partial charge in [0.1, 0.15) is 17.7 Å². The number of aryl methyl sites for hydroxylation is 1. The van der Waals surface area contributed by atoms with Gasteiger partial charge in [-0.05, 0) is 45.7 Å². The lowest BCUT2D eigenvalue weighted by atomic mass is 10.1. The molecule has 0 unspecified atom stereocenters. The van der Waals surface area contributed by atoms with E-state index in [0.717, 1.165) is 39.4 Å². The summed E-state index contributed by atoms with van der Waals surface area (Å²) in [5.41, 5.74) is 5.03. The normalized spacial score (nSPS) is 14.6. The number of nitrogens with one attached hydrogen (secondary N) is 1. The van der Waals surface area contributed by atoms with Gasteiger partial charge in [0.15, 0.2) is 11.5 Å². The molecule has 0 radical (unpaired) electrons. The summed E-state index contributed by atoms with van der Waals surface area (Å²) in [4.78, 5) is 13.7. The van der Waals surface area contributed by atoms with Crippen molar-refractivity contribution in [2.24, 2.45) is 0 Å². The van der Waals surface area contributed by atoms with Crippen LogP contribution in [-0.4, -0.2) is 35.2 Å². The Kier molecular flexibility index (Phi) is 3.25. The number of aromatic nitrogens is 6. The van der Waals surface area contributed by atoms with Crippen LogP contribution in [0.4, 0.5) is 5.82 Å². The van der Waals surface area contributed by atoms with E-state index in [-0.39, 0.29) is 6.04 Å². The number of fused-ring (bicyclic) bond motifs is 2. The summed E-state index contributed by atoms with van der Waals surface area (Å²) in [6.45, 7) is 6.27. The fraction of sp³-hybridized carbons (Fsp3) is 0.368. The average Bonchev–Trinajstić information content (AvgIpc) is 3.24. The highest BCUT2D eigenvalue weighted by atomic mass is 15.3. The highest BCUT2D eigenvalue weighted by molar-refractivity contribution is 5.91. The van der Waals surface area contributed by atoms with Crippen molar-refractivity contribution in [2.45, 2.75) is 45.7 Å². The summed E-state index contributed by atoms with van der Waals surface area (Å²) in [6, 6.07) is 5.13. The van der Waals surface area contributed by atoms with E-state index in [4.69, 9.17) is 0 Å². The molecular weight excluding hydrogens is 326 g/mol. The zero-order chi connectivity index (χ0) is 17.8. The van der Waals surface area contributed by atoms with E-state index in [0.29, 0.717) is 6.04 Å². The van der Waals surface area contributed by atoms with Crippen molar-refractivity contribution < 1.29 is 0 Å². The number of nitrogens with zero attached hydrogens (tertiary/aromatic N) is 6. The van der Waals surface area contributed by atoms with Gasteiger partial charge in [-0.2, -0.15) is 5.10 Å². The van der Waals surface area contributed by atoms with Crippen LogP contribution in [0.3, 0.4) is 0 Å². The minimum Gasteiger partial charge on any atom is -0.366 e. The Morgan fingerprint density at radius 2 is 2.08 bits per heavy atom. The van der Waals surface area contributed by atoms with E-state index < -0.39 is 0 Å². The monoisotopic (exact) mass is 347 g/mol. The number of imidazole rings is 1. The standard InChI is InChI=1S/C19H21N7/c1-11(2)23-19-17-15(6-7-25(17)22-10-21-19)13-8-16-18(20-9-13)24-12(3)26(16)14-4-5-14/h6-11,14H,4-5H2,1-3H3,(H,21,22,23). The molecule has 4 heterocycles. The molecule has 7 heteroatoms. The third-order valence-corrected chi connectivity index (χ3v) is 4.83. The number of hydrogen-bond acceptors (Lipinski definition) is 5. The molecule has 1 N–H and O–H groups in total. The highest BCUT2D eigenvalue weighted by Crippen LogP contribution is 2.39. The van der Waals surface area contributed by atoms with E-state index in [2.05, 4.69) is 62.8 Å². The van der Waals surface area contributed by atoms with E-state index in [1.165, 1.54) is 12.8 Å². The summed E-state index contributed by atoms with van der Waals surface area (Å²) >= 11 is 0. The molecule has 1 aliphatic rings. The first-order chi connectivity index (χ1) is 12.6. The van der Waals surface area contributed by atoms with Gasteiger partial charge >= 0.3 is 0 Å². The maximum Gasteiger partial charge on any atom is 0.177 e. The quantitative estimate of drug-likeness (QED) is 0.610. The zero-order valence-electron chi connectivity index (χ0n) is 15.1. The van der Waals surface area contributed by atoms with Crippen LogP contribution in [-0.2, 0) is 0 Å². The van der Waals surface area contributed by atoms with Gasteiger partial charge in [-0.1, -0.05) is 0 Å². The Labute approximate surface area is 151 Å². The fourth-order valence-corrected chi connectivity index (χ4v) is 3.60. The molecule has 132 valence electrons. The molecule has 4 aromatic heterocycles. The molecular formula is C19H21N7. The number of hydrogen-bond donors (Lipinski definition) is 1. The summed E-state index contributed by atoms with van der Waals surface area (Å²) in [7, 11) is 0. The summed E-state index contributed by atoms with van der Waals surface area (Å²) in [5, 5.41) is 7.76. The third kappa shape index (κ3) is 2.34. The van der Waals surface area contributed by atoms with Crippen molar-refractivity contribution in [1.82, 2.24) is 29.1 Å². The Morgan fingerprint density at radius 1 is 1.23 bits per heavy atom. The molecule has 26 heavy (non-hydrogen) atoms. The summed E-state index contributed by atoms with van der Waals surface area (Å²) in [6.07, 6.45) is 7.89. The molecule has 0 atom stereocenters.